The molecule has 2 aromatic carbocycles. The number of nitrogens with one attached hydrogen (secondary N) is 1. The van der Waals surface area contributed by atoms with Gasteiger partial charge in [-0.1, -0.05) is 24.3 Å². The zero-order valence-electron chi connectivity index (χ0n) is 14.2. The minimum atomic E-state index is -0.461. The van der Waals surface area contributed by atoms with Crippen LogP contribution in [-0.4, -0.2) is 23.1 Å². The van der Waals surface area contributed by atoms with Crippen molar-refractivity contribution in [2.75, 3.05) is 13.2 Å². The van der Waals surface area contributed by atoms with Gasteiger partial charge in [0.25, 0.3) is 5.56 Å². The number of hydrogen-bond donors (Lipinski definition) is 2. The van der Waals surface area contributed by atoms with E-state index in [0.717, 1.165) is 11.1 Å². The lowest BCUT2D eigenvalue weighted by molar-refractivity contribution is -0.0171. The molecule has 0 bridgehead atoms. The predicted octanol–water partition coefficient (Wildman–Crippen LogP) is 2.94. The summed E-state index contributed by atoms with van der Waals surface area (Å²) in [7, 11) is 0. The maximum atomic E-state index is 13.3. The van der Waals surface area contributed by atoms with Gasteiger partial charge in [0.05, 0.1) is 23.1 Å². The molecule has 0 aliphatic heterocycles. The van der Waals surface area contributed by atoms with Crippen molar-refractivity contribution in [2.24, 2.45) is 5.73 Å². The van der Waals surface area contributed by atoms with Gasteiger partial charge in [0, 0.05) is 12.1 Å². The van der Waals surface area contributed by atoms with Gasteiger partial charge in [-0.25, -0.2) is 9.37 Å². The molecule has 5 nitrogen and oxygen atoms in total. The molecule has 0 amide bonds. The lowest BCUT2D eigenvalue weighted by Crippen LogP contribution is -2.25. The average molecular weight is 341 g/mol. The van der Waals surface area contributed by atoms with Gasteiger partial charge in [-0.15, -0.1) is 0 Å². The highest BCUT2D eigenvalue weighted by Gasteiger charge is 2.21. The van der Waals surface area contributed by atoms with Gasteiger partial charge in [0.2, 0.25) is 0 Å². The quantitative estimate of drug-likeness (QED) is 0.748. The highest BCUT2D eigenvalue weighted by atomic mass is 19.1. The third-order valence-electron chi connectivity index (χ3n) is 4.10. The van der Waals surface area contributed by atoms with E-state index in [4.69, 9.17) is 10.5 Å². The maximum Gasteiger partial charge on any atom is 0.259 e. The van der Waals surface area contributed by atoms with Crippen LogP contribution >= 0.6 is 0 Å². The van der Waals surface area contributed by atoms with Crippen molar-refractivity contribution in [3.63, 3.8) is 0 Å². The Morgan fingerprint density at radius 2 is 1.92 bits per heavy atom. The summed E-state index contributed by atoms with van der Waals surface area (Å²) in [6.07, 6.45) is 0. The molecule has 0 spiro atoms. The Labute approximate surface area is 144 Å². The predicted molar refractivity (Wildman–Crippen MR) is 95.8 cm³/mol. The molecule has 6 heteroatoms. The van der Waals surface area contributed by atoms with Gasteiger partial charge in [0.1, 0.15) is 11.6 Å². The highest BCUT2D eigenvalue weighted by molar-refractivity contribution is 5.79. The molecule has 0 atom stereocenters. The van der Waals surface area contributed by atoms with Gasteiger partial charge in [-0.05, 0) is 37.6 Å². The highest BCUT2D eigenvalue weighted by Crippen LogP contribution is 2.26. The summed E-state index contributed by atoms with van der Waals surface area (Å²) in [4.78, 5) is 19.3. The lowest BCUT2D eigenvalue weighted by atomic mass is 9.96. The maximum absolute atomic E-state index is 13.3. The number of H-pyrrole nitrogens is 1. The number of hydrogen-bond acceptors (Lipinski definition) is 4. The summed E-state index contributed by atoms with van der Waals surface area (Å²) in [6, 6.07) is 11.6. The van der Waals surface area contributed by atoms with Crippen molar-refractivity contribution in [3.8, 4) is 11.4 Å². The molecule has 0 aliphatic rings. The number of halogens is 1. The normalized spacial score (nSPS) is 11.8. The Balaban J connectivity index is 1.96. The minimum Gasteiger partial charge on any atom is -0.370 e. The van der Waals surface area contributed by atoms with Crippen LogP contribution in [0.25, 0.3) is 22.3 Å². The second-order valence-corrected chi connectivity index (χ2v) is 6.30. The van der Waals surface area contributed by atoms with E-state index >= 15 is 0 Å². The molecule has 130 valence electrons. The number of rotatable bonds is 5. The second-order valence-electron chi connectivity index (χ2n) is 6.30. The van der Waals surface area contributed by atoms with Crippen LogP contribution in [-0.2, 0) is 10.3 Å². The molecular weight excluding hydrogens is 321 g/mol. The Morgan fingerprint density at radius 1 is 1.20 bits per heavy atom. The third kappa shape index (κ3) is 3.60. The second kappa shape index (κ2) is 6.74. The van der Waals surface area contributed by atoms with E-state index in [1.165, 1.54) is 18.2 Å². The topological polar surface area (TPSA) is 81.0 Å². The zero-order chi connectivity index (χ0) is 18.0. The molecule has 0 saturated carbocycles. The van der Waals surface area contributed by atoms with Crippen LogP contribution in [0.15, 0.2) is 47.3 Å². The number of fused-ring (bicyclic) bond motifs is 1. The van der Waals surface area contributed by atoms with Crippen molar-refractivity contribution in [1.29, 1.82) is 0 Å². The summed E-state index contributed by atoms with van der Waals surface area (Å²) < 4.78 is 19.0. The molecule has 1 aromatic heterocycles. The van der Waals surface area contributed by atoms with Gasteiger partial charge in [-0.2, -0.15) is 0 Å². The largest absolute Gasteiger partial charge is 0.370 e. The van der Waals surface area contributed by atoms with Crippen LogP contribution in [0.5, 0.6) is 0 Å². The fourth-order valence-corrected chi connectivity index (χ4v) is 2.67. The van der Waals surface area contributed by atoms with Crippen LogP contribution in [0.2, 0.25) is 0 Å². The summed E-state index contributed by atoms with van der Waals surface area (Å²) in [5, 5.41) is 0.233. The first-order chi connectivity index (χ1) is 11.9. The minimum absolute atomic E-state index is 0.233. The Kier molecular flexibility index (Phi) is 4.65. The number of benzene rings is 2. The molecular formula is C19H20FN3O2. The van der Waals surface area contributed by atoms with Gasteiger partial charge in [-0.3, -0.25) is 4.79 Å². The van der Waals surface area contributed by atoms with Crippen LogP contribution < -0.4 is 11.3 Å². The van der Waals surface area contributed by atoms with Crippen LogP contribution in [0.3, 0.4) is 0 Å². The number of ether oxygens (including phenoxy) is 1. The standard InChI is InChI=1S/C19H20FN3O2/c1-19(2,25-10-9-21)13-5-3-12(4-6-13)17-22-16-8-7-14(20)11-15(16)18(24)23-17/h3-8,11H,9-10,21H2,1-2H3,(H,22,23,24). The Morgan fingerprint density at radius 3 is 2.60 bits per heavy atom. The van der Waals surface area contributed by atoms with Crippen molar-refractivity contribution in [1.82, 2.24) is 9.97 Å². The fourth-order valence-electron chi connectivity index (χ4n) is 2.67. The molecule has 0 saturated heterocycles. The van der Waals surface area contributed by atoms with E-state index in [1.807, 2.05) is 38.1 Å². The molecule has 25 heavy (non-hydrogen) atoms. The zero-order valence-corrected chi connectivity index (χ0v) is 14.2. The summed E-state index contributed by atoms with van der Waals surface area (Å²) in [5.74, 6) is -0.0204. The molecule has 0 radical (unpaired) electrons. The summed E-state index contributed by atoms with van der Waals surface area (Å²) >= 11 is 0. The molecule has 0 aliphatic carbocycles. The van der Waals surface area contributed by atoms with Crippen molar-refractivity contribution in [2.45, 2.75) is 19.4 Å². The summed E-state index contributed by atoms with van der Waals surface area (Å²) in [6.45, 7) is 4.89. The number of aromatic amines is 1. The lowest BCUT2D eigenvalue weighted by Gasteiger charge is -2.25. The first kappa shape index (κ1) is 17.3. The monoisotopic (exact) mass is 341 g/mol. The molecule has 3 aromatic rings. The van der Waals surface area contributed by atoms with Crippen molar-refractivity contribution < 1.29 is 9.13 Å². The summed E-state index contributed by atoms with van der Waals surface area (Å²) in [5.41, 5.74) is 6.88. The van der Waals surface area contributed by atoms with E-state index in [2.05, 4.69) is 9.97 Å². The fraction of sp³-hybridized carbons (Fsp3) is 0.263. The molecule has 0 unspecified atom stereocenters. The average Bonchev–Trinajstić information content (AvgIpc) is 2.60. The molecule has 1 heterocycles. The number of nitrogens with two attached hydrogens (primary N) is 1. The van der Waals surface area contributed by atoms with E-state index in [-0.39, 0.29) is 10.9 Å². The Hall–Kier alpha value is -2.57. The van der Waals surface area contributed by atoms with E-state index < -0.39 is 11.4 Å². The van der Waals surface area contributed by atoms with E-state index in [0.29, 0.717) is 24.5 Å². The van der Waals surface area contributed by atoms with E-state index in [1.54, 1.807) is 0 Å². The number of aromatic nitrogens is 2. The Bertz CT molecular complexity index is 949. The third-order valence-corrected chi connectivity index (χ3v) is 4.10. The van der Waals surface area contributed by atoms with Gasteiger partial charge in [0.15, 0.2) is 0 Å². The first-order valence-electron chi connectivity index (χ1n) is 8.05. The van der Waals surface area contributed by atoms with E-state index in [9.17, 15) is 9.18 Å². The smallest absolute Gasteiger partial charge is 0.259 e. The van der Waals surface area contributed by atoms with Crippen molar-refractivity contribution in [3.05, 3.63) is 64.2 Å². The molecule has 3 rings (SSSR count). The van der Waals surface area contributed by atoms with Crippen molar-refractivity contribution >= 4 is 10.9 Å². The van der Waals surface area contributed by atoms with Crippen LogP contribution in [0.1, 0.15) is 19.4 Å². The molecule has 3 N–H and O–H groups in total. The molecule has 0 fully saturated rings. The van der Waals surface area contributed by atoms with Gasteiger partial charge < -0.3 is 15.5 Å². The van der Waals surface area contributed by atoms with Crippen LogP contribution in [0.4, 0.5) is 4.39 Å². The first-order valence-corrected chi connectivity index (χ1v) is 8.05. The SMILES string of the molecule is CC(C)(OCCN)c1ccc(-c2nc3ccc(F)cc3c(=O)[nH]2)cc1. The van der Waals surface area contributed by atoms with Crippen LogP contribution in [0, 0.1) is 5.82 Å². The van der Waals surface area contributed by atoms with Gasteiger partial charge >= 0.3 is 0 Å². The number of nitrogens with zero attached hydrogens (tertiary/aromatic N) is 1.